The van der Waals surface area contributed by atoms with E-state index < -0.39 is 18.5 Å². The maximum absolute atomic E-state index is 12.3. The molecule has 0 bridgehead atoms. The Kier molecular flexibility index (Phi) is 6.61. The topological polar surface area (TPSA) is 102 Å². The molecule has 0 aliphatic carbocycles. The molecule has 2 aromatic carbocycles. The van der Waals surface area contributed by atoms with Crippen LogP contribution in [0.4, 0.5) is 0 Å². The fourth-order valence-corrected chi connectivity index (χ4v) is 2.05. The number of hydrogen-bond acceptors (Lipinski definition) is 5. The van der Waals surface area contributed by atoms with Crippen LogP contribution in [-0.4, -0.2) is 43.8 Å². The molecule has 0 aliphatic heterocycles. The van der Waals surface area contributed by atoms with E-state index in [1.54, 1.807) is 24.3 Å². The lowest BCUT2D eigenvalue weighted by Crippen LogP contribution is -2.37. The Morgan fingerprint density at radius 1 is 0.808 bits per heavy atom. The summed E-state index contributed by atoms with van der Waals surface area (Å²) in [6.07, 6.45) is 0. The molecule has 0 heterocycles. The molecule has 7 nitrogen and oxygen atoms in total. The Hall–Kier alpha value is -3.48. The third-order valence-corrected chi connectivity index (χ3v) is 3.48. The van der Waals surface area contributed by atoms with E-state index in [0.29, 0.717) is 11.1 Å². The van der Waals surface area contributed by atoms with Crippen LogP contribution in [0.15, 0.2) is 54.6 Å². The number of benzene rings is 2. The van der Waals surface area contributed by atoms with Crippen LogP contribution in [0.25, 0.3) is 0 Å². The molecule has 0 radical (unpaired) electrons. The largest absolute Gasteiger partial charge is 0.452 e. The molecule has 0 spiro atoms. The van der Waals surface area contributed by atoms with Crippen molar-refractivity contribution in [3.8, 4) is 0 Å². The van der Waals surface area contributed by atoms with E-state index in [1.807, 2.05) is 6.07 Å². The van der Waals surface area contributed by atoms with Gasteiger partial charge in [0, 0.05) is 18.2 Å². The molecule has 2 aromatic rings. The molecule has 0 unspecified atom stereocenters. The predicted molar refractivity (Wildman–Crippen MR) is 93.7 cm³/mol. The molecule has 0 saturated heterocycles. The first kappa shape index (κ1) is 18.9. The first-order valence-corrected chi connectivity index (χ1v) is 7.85. The molecule has 2 amide bonds. The number of rotatable bonds is 7. The van der Waals surface area contributed by atoms with Crippen LogP contribution in [-0.2, 0) is 14.3 Å². The second-order valence-corrected chi connectivity index (χ2v) is 5.30. The van der Waals surface area contributed by atoms with E-state index in [1.165, 1.54) is 31.3 Å². The van der Waals surface area contributed by atoms with Gasteiger partial charge in [-0.1, -0.05) is 42.5 Å². The molecule has 7 heteroatoms. The fraction of sp³-hybridized carbons (Fsp3) is 0.158. The molecular formula is C19H18N2O5. The normalized spacial score (nSPS) is 9.88. The highest BCUT2D eigenvalue weighted by Gasteiger charge is 2.13. The average molecular weight is 354 g/mol. The molecule has 0 saturated carbocycles. The number of ether oxygens (including phenoxy) is 1. The number of nitrogens with one attached hydrogen (secondary N) is 2. The lowest BCUT2D eigenvalue weighted by Gasteiger charge is -2.07. The summed E-state index contributed by atoms with van der Waals surface area (Å²) in [7, 11) is 1.45. The van der Waals surface area contributed by atoms with Crippen LogP contribution in [0.5, 0.6) is 0 Å². The number of esters is 1. The first-order valence-electron chi connectivity index (χ1n) is 7.85. The monoisotopic (exact) mass is 354 g/mol. The van der Waals surface area contributed by atoms with E-state index in [0.717, 1.165) is 0 Å². The van der Waals surface area contributed by atoms with Gasteiger partial charge in [0.1, 0.15) is 0 Å². The van der Waals surface area contributed by atoms with E-state index in [2.05, 4.69) is 10.6 Å². The second-order valence-electron chi connectivity index (χ2n) is 5.30. The van der Waals surface area contributed by atoms with Gasteiger partial charge in [0.05, 0.1) is 12.1 Å². The highest BCUT2D eigenvalue weighted by atomic mass is 16.5. The molecule has 0 fully saturated rings. The summed E-state index contributed by atoms with van der Waals surface area (Å²) >= 11 is 0. The van der Waals surface area contributed by atoms with Crippen molar-refractivity contribution in [2.45, 2.75) is 0 Å². The lowest BCUT2D eigenvalue weighted by atomic mass is 10.0. The van der Waals surface area contributed by atoms with E-state index in [-0.39, 0.29) is 23.8 Å². The summed E-state index contributed by atoms with van der Waals surface area (Å²) < 4.78 is 4.87. The lowest BCUT2D eigenvalue weighted by molar-refractivity contribution is -0.127. The number of carbonyl (C=O) groups is 4. The Labute approximate surface area is 150 Å². The van der Waals surface area contributed by atoms with Crippen molar-refractivity contribution in [1.82, 2.24) is 10.6 Å². The van der Waals surface area contributed by atoms with Gasteiger partial charge in [0.25, 0.3) is 5.91 Å². The summed E-state index contributed by atoms with van der Waals surface area (Å²) in [6, 6.07) is 14.8. The van der Waals surface area contributed by atoms with Crippen molar-refractivity contribution in [3.63, 3.8) is 0 Å². The van der Waals surface area contributed by atoms with Gasteiger partial charge in [-0.2, -0.15) is 0 Å². The Balaban J connectivity index is 1.89. The molecule has 2 N–H and O–H groups in total. The predicted octanol–water partition coefficient (Wildman–Crippen LogP) is 0.937. The van der Waals surface area contributed by atoms with Crippen molar-refractivity contribution < 1.29 is 23.9 Å². The SMILES string of the molecule is CNC(=O)CNC(=O)COC(=O)c1ccc(C(=O)c2ccccc2)cc1. The molecule has 26 heavy (non-hydrogen) atoms. The minimum absolute atomic E-state index is 0.154. The first-order chi connectivity index (χ1) is 12.5. The van der Waals surface area contributed by atoms with Gasteiger partial charge in [0.15, 0.2) is 12.4 Å². The number of likely N-dealkylation sites (N-methyl/N-ethyl adjacent to an activating group) is 1. The van der Waals surface area contributed by atoms with Gasteiger partial charge in [0.2, 0.25) is 5.91 Å². The van der Waals surface area contributed by atoms with E-state index >= 15 is 0 Å². The summed E-state index contributed by atoms with van der Waals surface area (Å²) in [6.45, 7) is -0.691. The minimum Gasteiger partial charge on any atom is -0.452 e. The Morgan fingerprint density at radius 3 is 2.00 bits per heavy atom. The highest BCUT2D eigenvalue weighted by molar-refractivity contribution is 6.09. The van der Waals surface area contributed by atoms with Gasteiger partial charge in [-0.15, -0.1) is 0 Å². The maximum atomic E-state index is 12.3. The van der Waals surface area contributed by atoms with E-state index in [9.17, 15) is 19.2 Å². The smallest absolute Gasteiger partial charge is 0.338 e. The van der Waals surface area contributed by atoms with Crippen LogP contribution >= 0.6 is 0 Å². The molecule has 0 aliphatic rings. The van der Waals surface area contributed by atoms with Gasteiger partial charge < -0.3 is 15.4 Å². The summed E-state index contributed by atoms with van der Waals surface area (Å²) in [5.41, 5.74) is 1.21. The van der Waals surface area contributed by atoms with Crippen molar-refractivity contribution in [3.05, 3.63) is 71.3 Å². The number of hydrogen-bond donors (Lipinski definition) is 2. The van der Waals surface area contributed by atoms with Crippen LogP contribution < -0.4 is 10.6 Å². The zero-order valence-electron chi connectivity index (χ0n) is 14.2. The van der Waals surface area contributed by atoms with Crippen molar-refractivity contribution in [1.29, 1.82) is 0 Å². The summed E-state index contributed by atoms with van der Waals surface area (Å²) in [4.78, 5) is 46.7. The zero-order chi connectivity index (χ0) is 18.9. The third kappa shape index (κ3) is 5.27. The van der Waals surface area contributed by atoms with Crippen molar-refractivity contribution in [2.75, 3.05) is 20.2 Å². The maximum Gasteiger partial charge on any atom is 0.338 e. The number of ketones is 1. The third-order valence-electron chi connectivity index (χ3n) is 3.48. The Morgan fingerprint density at radius 2 is 1.38 bits per heavy atom. The number of amides is 2. The van der Waals surface area contributed by atoms with Crippen LogP contribution in [0.1, 0.15) is 26.3 Å². The fourth-order valence-electron chi connectivity index (χ4n) is 2.05. The van der Waals surface area contributed by atoms with Crippen LogP contribution in [0, 0.1) is 0 Å². The van der Waals surface area contributed by atoms with Crippen LogP contribution in [0.3, 0.4) is 0 Å². The van der Waals surface area contributed by atoms with Gasteiger partial charge in [-0.3, -0.25) is 14.4 Å². The molecule has 134 valence electrons. The molecule has 0 atom stereocenters. The minimum atomic E-state index is -0.696. The average Bonchev–Trinajstić information content (AvgIpc) is 2.70. The molecular weight excluding hydrogens is 336 g/mol. The van der Waals surface area contributed by atoms with Crippen LogP contribution in [0.2, 0.25) is 0 Å². The second kappa shape index (κ2) is 9.12. The molecule has 2 rings (SSSR count). The van der Waals surface area contributed by atoms with Gasteiger partial charge in [-0.05, 0) is 12.1 Å². The van der Waals surface area contributed by atoms with Crippen molar-refractivity contribution >= 4 is 23.6 Å². The van der Waals surface area contributed by atoms with Gasteiger partial charge >= 0.3 is 5.97 Å². The highest BCUT2D eigenvalue weighted by Crippen LogP contribution is 2.11. The van der Waals surface area contributed by atoms with Gasteiger partial charge in [-0.25, -0.2) is 4.79 Å². The molecule has 0 aromatic heterocycles. The summed E-state index contributed by atoms with van der Waals surface area (Å²) in [5.74, 6) is -1.79. The zero-order valence-corrected chi connectivity index (χ0v) is 14.2. The number of carbonyl (C=O) groups excluding carboxylic acids is 4. The quantitative estimate of drug-likeness (QED) is 0.569. The standard InChI is InChI=1S/C19H18N2O5/c1-20-16(22)11-21-17(23)12-26-19(25)15-9-7-14(8-10-15)18(24)13-5-3-2-4-6-13/h2-10H,11-12H2,1H3,(H,20,22)(H,21,23). The van der Waals surface area contributed by atoms with E-state index in [4.69, 9.17) is 4.74 Å². The van der Waals surface area contributed by atoms with Crippen molar-refractivity contribution in [2.24, 2.45) is 0 Å². The summed E-state index contributed by atoms with van der Waals surface area (Å²) in [5, 5.41) is 4.66. The Bertz CT molecular complexity index is 800.